The second kappa shape index (κ2) is 19.2. The first-order valence-electron chi connectivity index (χ1n) is 16.1. The van der Waals surface area contributed by atoms with Gasteiger partial charge in [-0.1, -0.05) is 5.16 Å². The average molecular weight is 835 g/mol. The molecule has 0 saturated carbocycles. The molecule has 0 aliphatic carbocycles. The third-order valence-corrected chi connectivity index (χ3v) is 8.42. The lowest BCUT2D eigenvalue weighted by molar-refractivity contribution is -0.385. The molecule has 302 valence electrons. The normalized spacial score (nSPS) is 15.1. The number of nitro benzene ring substituents is 2. The fraction of sp³-hybridized carbons (Fsp3) is 0.312. The summed E-state index contributed by atoms with van der Waals surface area (Å²) in [6, 6.07) is 7.66. The minimum Gasteiger partial charge on any atom is -0.459 e. The highest BCUT2D eigenvalue weighted by molar-refractivity contribution is 7.14. The second-order valence-corrected chi connectivity index (χ2v) is 13.1. The molecule has 25 heteroatoms. The second-order valence-electron chi connectivity index (χ2n) is 11.9. The van der Waals surface area contributed by atoms with E-state index in [-0.39, 0.29) is 35.4 Å². The molecule has 0 bridgehead atoms. The topological polar surface area (TPSA) is 313 Å². The summed E-state index contributed by atoms with van der Waals surface area (Å²) in [7, 11) is 0. The molecule has 1 aliphatic rings. The Morgan fingerprint density at radius 2 is 1.54 bits per heavy atom. The van der Waals surface area contributed by atoms with E-state index in [0.29, 0.717) is 16.2 Å². The monoisotopic (exact) mass is 834 g/mol. The van der Waals surface area contributed by atoms with Crippen LogP contribution in [0, 0.1) is 20.2 Å². The number of amides is 4. The summed E-state index contributed by atoms with van der Waals surface area (Å²) < 4.78 is 15.2. The van der Waals surface area contributed by atoms with Crippen molar-refractivity contribution < 1.29 is 62.5 Å². The fourth-order valence-electron chi connectivity index (χ4n) is 4.45. The lowest BCUT2D eigenvalue weighted by atomic mass is 9.98. The molecule has 0 unspecified atom stereocenters. The Balaban J connectivity index is 1.46. The van der Waals surface area contributed by atoms with Crippen LogP contribution in [0.1, 0.15) is 30.7 Å². The maximum Gasteiger partial charge on any atom is 0.404 e. The number of nitrogens with zero attached hydrogens (tertiary/aromatic N) is 5. The number of nitro groups is 2. The number of nitrogens with two attached hydrogens (primary N) is 1. The van der Waals surface area contributed by atoms with Crippen molar-refractivity contribution in [3.8, 4) is 0 Å². The molecule has 2 aromatic carbocycles. The van der Waals surface area contributed by atoms with Crippen LogP contribution in [0.5, 0.6) is 0 Å². The Morgan fingerprint density at radius 1 is 0.965 bits per heavy atom. The molecule has 1 fully saturated rings. The highest BCUT2D eigenvalue weighted by Crippen LogP contribution is 2.24. The number of anilines is 1. The SMILES string of the molecule is CC(C)(O/N=C(\C(=O)N[C@H]1C(=O)N(OCC(=O)OCc2ccc([N+](=O)[O-])cc2)[C@@H]1COC(N)=O)c1csc(NC(=O)CCl)n1)C(=O)OCc1ccc([N+](=O)[O-])cc1. The van der Waals surface area contributed by atoms with E-state index in [9.17, 15) is 49.0 Å². The molecule has 0 radical (unpaired) electrons. The predicted octanol–water partition coefficient (Wildman–Crippen LogP) is 1.85. The van der Waals surface area contributed by atoms with Crippen molar-refractivity contribution in [2.75, 3.05) is 24.4 Å². The van der Waals surface area contributed by atoms with Crippen LogP contribution in [-0.4, -0.2) is 98.1 Å². The molecule has 4 amide bonds. The highest BCUT2D eigenvalue weighted by atomic mass is 35.5. The third kappa shape index (κ3) is 11.8. The maximum atomic E-state index is 13.7. The van der Waals surface area contributed by atoms with E-state index in [4.69, 9.17) is 41.2 Å². The number of ether oxygens (including phenoxy) is 3. The van der Waals surface area contributed by atoms with Gasteiger partial charge in [0.1, 0.15) is 43.5 Å². The first-order valence-corrected chi connectivity index (χ1v) is 17.5. The number of β-lactam (4-membered cyclic amide) rings is 1. The molecule has 3 aromatic rings. The lowest BCUT2D eigenvalue weighted by Gasteiger charge is -2.44. The molecular formula is C32H31ClN8O15S. The summed E-state index contributed by atoms with van der Waals surface area (Å²) in [6.07, 6.45) is -1.24. The first-order chi connectivity index (χ1) is 27.0. The number of nitrogens with one attached hydrogen (secondary N) is 2. The van der Waals surface area contributed by atoms with Crippen LogP contribution in [0.4, 0.5) is 21.3 Å². The number of hydrogen-bond donors (Lipinski definition) is 3. The van der Waals surface area contributed by atoms with E-state index in [2.05, 4.69) is 20.8 Å². The van der Waals surface area contributed by atoms with Gasteiger partial charge in [0.25, 0.3) is 23.2 Å². The molecule has 4 N–H and O–H groups in total. The number of alkyl halides is 1. The van der Waals surface area contributed by atoms with Crippen molar-refractivity contribution in [1.29, 1.82) is 0 Å². The van der Waals surface area contributed by atoms with Crippen molar-refractivity contribution >= 4 is 80.9 Å². The van der Waals surface area contributed by atoms with Crippen LogP contribution in [0.25, 0.3) is 0 Å². The van der Waals surface area contributed by atoms with Crippen molar-refractivity contribution in [3.63, 3.8) is 0 Å². The Morgan fingerprint density at radius 3 is 2.09 bits per heavy atom. The number of rotatable bonds is 19. The zero-order valence-corrected chi connectivity index (χ0v) is 31.2. The molecule has 2 heterocycles. The van der Waals surface area contributed by atoms with E-state index in [1.807, 2.05) is 0 Å². The molecule has 4 rings (SSSR count). The molecule has 57 heavy (non-hydrogen) atoms. The molecule has 2 atom stereocenters. The minimum absolute atomic E-state index is 0.00888. The van der Waals surface area contributed by atoms with Gasteiger partial charge in [-0.2, -0.15) is 0 Å². The Bertz CT molecular complexity index is 2060. The van der Waals surface area contributed by atoms with Crippen LogP contribution >= 0.6 is 22.9 Å². The largest absolute Gasteiger partial charge is 0.459 e. The van der Waals surface area contributed by atoms with Gasteiger partial charge < -0.3 is 35.4 Å². The van der Waals surface area contributed by atoms with Crippen molar-refractivity contribution in [2.24, 2.45) is 10.9 Å². The van der Waals surface area contributed by atoms with E-state index in [1.54, 1.807) is 0 Å². The van der Waals surface area contributed by atoms with Gasteiger partial charge in [-0.25, -0.2) is 24.4 Å². The molecule has 1 saturated heterocycles. The number of oxime groups is 1. The van der Waals surface area contributed by atoms with Gasteiger partial charge in [0.15, 0.2) is 17.5 Å². The minimum atomic E-state index is -1.86. The third-order valence-electron chi connectivity index (χ3n) is 7.42. The zero-order valence-electron chi connectivity index (χ0n) is 29.6. The van der Waals surface area contributed by atoms with Gasteiger partial charge in [0.05, 0.1) is 9.85 Å². The first kappa shape index (κ1) is 42.9. The average Bonchev–Trinajstić information content (AvgIpc) is 3.63. The summed E-state index contributed by atoms with van der Waals surface area (Å²) in [5.74, 6) is -4.99. The summed E-state index contributed by atoms with van der Waals surface area (Å²) in [5, 5.41) is 32.3. The molecule has 1 aliphatic heterocycles. The fourth-order valence-corrected chi connectivity index (χ4v) is 5.23. The Hall–Kier alpha value is -6.79. The standard InChI is InChI=1S/C32H31ClN8O15S/c1-32(2,29(46)53-13-18-5-9-20(10-6-18)41(50)51)56-38-25(21-16-57-31(35-21)36-23(42)11-33)27(44)37-26-22(14-54-30(34)47)39(28(26)45)55-15-24(43)52-12-17-3-7-19(8-4-17)40(48)49/h3-10,16,22,26H,11-15H2,1-2H3,(H2,34,47)(H,37,44)(H,35,36,42)/b38-25-/t22-,26-/m1/s1. The predicted molar refractivity (Wildman–Crippen MR) is 193 cm³/mol. The van der Waals surface area contributed by atoms with Crippen molar-refractivity contribution in [1.82, 2.24) is 15.4 Å². The highest BCUT2D eigenvalue weighted by Gasteiger charge is 2.51. The number of hydroxylamine groups is 2. The summed E-state index contributed by atoms with van der Waals surface area (Å²) in [6.45, 7) is 0.495. The number of carbonyl (C=O) groups is 6. The van der Waals surface area contributed by atoms with Crippen LogP contribution in [0.15, 0.2) is 59.1 Å². The van der Waals surface area contributed by atoms with Gasteiger partial charge in [-0.15, -0.1) is 22.9 Å². The van der Waals surface area contributed by atoms with E-state index in [1.165, 1.54) is 67.8 Å². The quantitative estimate of drug-likeness (QED) is 0.0295. The van der Waals surface area contributed by atoms with E-state index < -0.39 is 88.1 Å². The number of aromatic nitrogens is 1. The summed E-state index contributed by atoms with van der Waals surface area (Å²) in [4.78, 5) is 111. The van der Waals surface area contributed by atoms with Gasteiger partial charge in [-0.3, -0.25) is 39.4 Å². The maximum absolute atomic E-state index is 13.7. The van der Waals surface area contributed by atoms with Gasteiger partial charge in [0, 0.05) is 29.6 Å². The number of esters is 2. The summed E-state index contributed by atoms with van der Waals surface area (Å²) >= 11 is 6.41. The number of hydrogen-bond acceptors (Lipinski definition) is 18. The molecule has 0 spiro atoms. The number of carbonyl (C=O) groups excluding carboxylic acids is 6. The van der Waals surface area contributed by atoms with Gasteiger partial charge in [-0.05, 0) is 49.2 Å². The van der Waals surface area contributed by atoms with E-state index >= 15 is 0 Å². The van der Waals surface area contributed by atoms with Crippen LogP contribution in [0.2, 0.25) is 0 Å². The number of primary amides is 1. The molecule has 1 aromatic heterocycles. The number of halogens is 1. The van der Waals surface area contributed by atoms with Gasteiger partial charge in [0.2, 0.25) is 11.5 Å². The Labute approximate surface area is 329 Å². The van der Waals surface area contributed by atoms with Crippen molar-refractivity contribution in [3.05, 3.63) is 91.0 Å². The van der Waals surface area contributed by atoms with Crippen LogP contribution < -0.4 is 16.4 Å². The van der Waals surface area contributed by atoms with Crippen molar-refractivity contribution in [2.45, 2.75) is 44.7 Å². The number of non-ortho nitro benzene ring substituents is 2. The van der Waals surface area contributed by atoms with E-state index in [0.717, 1.165) is 11.3 Å². The Kier molecular flexibility index (Phi) is 14.5. The van der Waals surface area contributed by atoms with Gasteiger partial charge >= 0.3 is 18.0 Å². The van der Waals surface area contributed by atoms with Crippen LogP contribution in [0.3, 0.4) is 0 Å². The molecular weight excluding hydrogens is 804 g/mol. The number of benzene rings is 2. The summed E-state index contributed by atoms with van der Waals surface area (Å²) in [5.41, 5.74) is 2.92. The lowest BCUT2D eigenvalue weighted by Crippen LogP contribution is -2.72. The smallest absolute Gasteiger partial charge is 0.404 e. The van der Waals surface area contributed by atoms with Crippen LogP contribution in [-0.2, 0) is 61.1 Å². The number of thiazole rings is 1. The zero-order chi connectivity index (χ0) is 41.9. The molecule has 23 nitrogen and oxygen atoms in total.